The molecule has 1 aromatic rings. The van der Waals surface area contributed by atoms with Crippen LogP contribution in [0.15, 0.2) is 18.2 Å². The lowest BCUT2D eigenvalue weighted by atomic mass is 10.0. The van der Waals surface area contributed by atoms with Gasteiger partial charge in [-0.25, -0.2) is 4.79 Å². The van der Waals surface area contributed by atoms with Crippen LogP contribution in [0.3, 0.4) is 0 Å². The maximum atomic E-state index is 12.2. The summed E-state index contributed by atoms with van der Waals surface area (Å²) in [6.45, 7) is 7.54. The minimum atomic E-state index is -0.185. The summed E-state index contributed by atoms with van der Waals surface area (Å²) in [5, 5.41) is 0. The van der Waals surface area contributed by atoms with E-state index in [9.17, 15) is 4.79 Å². The SMILES string of the molecule is Cc1cccc(C)c1C(=O)OCCN1CCCCCC1. The zero-order valence-corrected chi connectivity index (χ0v) is 12.7. The van der Waals surface area contributed by atoms with Crippen molar-refractivity contribution in [2.24, 2.45) is 0 Å². The molecule has 0 amide bonds. The van der Waals surface area contributed by atoms with Gasteiger partial charge in [0.25, 0.3) is 0 Å². The number of carbonyl (C=O) groups excluding carboxylic acids is 1. The van der Waals surface area contributed by atoms with Crippen LogP contribution in [-0.2, 0) is 4.74 Å². The highest BCUT2D eigenvalue weighted by Crippen LogP contribution is 2.14. The first kappa shape index (κ1) is 15.0. The van der Waals surface area contributed by atoms with Crippen LogP contribution in [-0.4, -0.2) is 37.1 Å². The molecule has 1 heterocycles. The molecule has 0 atom stereocenters. The summed E-state index contributed by atoms with van der Waals surface area (Å²) in [6.07, 6.45) is 5.20. The van der Waals surface area contributed by atoms with Crippen LogP contribution in [0.1, 0.15) is 47.2 Å². The lowest BCUT2D eigenvalue weighted by Crippen LogP contribution is -2.29. The standard InChI is InChI=1S/C17H25NO2/c1-14-8-7-9-15(2)16(14)17(19)20-13-12-18-10-5-3-4-6-11-18/h7-9H,3-6,10-13H2,1-2H3. The van der Waals surface area contributed by atoms with E-state index in [0.29, 0.717) is 6.61 Å². The zero-order valence-electron chi connectivity index (χ0n) is 12.7. The second-order valence-corrected chi connectivity index (χ2v) is 5.66. The fourth-order valence-corrected chi connectivity index (χ4v) is 2.84. The molecule has 0 aromatic heterocycles. The van der Waals surface area contributed by atoms with E-state index in [2.05, 4.69) is 4.90 Å². The number of carbonyl (C=O) groups is 1. The van der Waals surface area contributed by atoms with Crippen molar-refractivity contribution in [1.82, 2.24) is 4.90 Å². The Morgan fingerprint density at radius 1 is 1.10 bits per heavy atom. The molecule has 0 N–H and O–H groups in total. The van der Waals surface area contributed by atoms with Gasteiger partial charge in [-0.1, -0.05) is 31.0 Å². The summed E-state index contributed by atoms with van der Waals surface area (Å²) in [4.78, 5) is 14.6. The lowest BCUT2D eigenvalue weighted by Gasteiger charge is -2.19. The molecule has 1 fully saturated rings. The van der Waals surface area contributed by atoms with Gasteiger partial charge in [0.05, 0.1) is 5.56 Å². The first-order chi connectivity index (χ1) is 9.68. The topological polar surface area (TPSA) is 29.5 Å². The number of aryl methyl sites for hydroxylation is 2. The second-order valence-electron chi connectivity index (χ2n) is 5.66. The molecule has 3 nitrogen and oxygen atoms in total. The Bertz CT molecular complexity index is 428. The molecule has 0 radical (unpaired) electrons. The van der Waals surface area contributed by atoms with Crippen molar-refractivity contribution < 1.29 is 9.53 Å². The Morgan fingerprint density at radius 3 is 2.30 bits per heavy atom. The number of esters is 1. The largest absolute Gasteiger partial charge is 0.461 e. The number of hydrogen-bond donors (Lipinski definition) is 0. The molecular formula is C17H25NO2. The van der Waals surface area contributed by atoms with Gasteiger partial charge in [0.15, 0.2) is 0 Å². The van der Waals surface area contributed by atoms with Crippen molar-refractivity contribution in [3.63, 3.8) is 0 Å². The van der Waals surface area contributed by atoms with Gasteiger partial charge in [-0.15, -0.1) is 0 Å². The molecule has 20 heavy (non-hydrogen) atoms. The molecule has 110 valence electrons. The van der Waals surface area contributed by atoms with Crippen molar-refractivity contribution in [1.29, 1.82) is 0 Å². The molecule has 1 aliphatic rings. The van der Waals surface area contributed by atoms with Crippen molar-refractivity contribution in [2.75, 3.05) is 26.2 Å². The number of likely N-dealkylation sites (tertiary alicyclic amines) is 1. The average Bonchev–Trinajstić information content (AvgIpc) is 2.67. The molecule has 1 aromatic carbocycles. The van der Waals surface area contributed by atoms with Gasteiger partial charge >= 0.3 is 5.97 Å². The fourth-order valence-electron chi connectivity index (χ4n) is 2.84. The van der Waals surface area contributed by atoms with Crippen LogP contribution in [0.4, 0.5) is 0 Å². The molecule has 0 spiro atoms. The summed E-state index contributed by atoms with van der Waals surface area (Å²) in [7, 11) is 0. The Hall–Kier alpha value is -1.35. The highest BCUT2D eigenvalue weighted by molar-refractivity contribution is 5.92. The number of nitrogens with zero attached hydrogens (tertiary/aromatic N) is 1. The molecule has 0 bridgehead atoms. The predicted octanol–water partition coefficient (Wildman–Crippen LogP) is 3.34. The van der Waals surface area contributed by atoms with Gasteiger partial charge in [-0.2, -0.15) is 0 Å². The smallest absolute Gasteiger partial charge is 0.338 e. The molecule has 1 saturated heterocycles. The number of rotatable bonds is 4. The fraction of sp³-hybridized carbons (Fsp3) is 0.588. The van der Waals surface area contributed by atoms with E-state index in [4.69, 9.17) is 4.74 Å². The third-order valence-electron chi connectivity index (χ3n) is 4.02. The first-order valence-electron chi connectivity index (χ1n) is 7.64. The maximum Gasteiger partial charge on any atom is 0.338 e. The number of ether oxygens (including phenoxy) is 1. The quantitative estimate of drug-likeness (QED) is 0.789. The average molecular weight is 275 g/mol. The Labute approximate surface area is 121 Å². The van der Waals surface area contributed by atoms with E-state index in [-0.39, 0.29) is 5.97 Å². The summed E-state index contributed by atoms with van der Waals surface area (Å²) in [6, 6.07) is 5.88. The number of hydrogen-bond acceptors (Lipinski definition) is 3. The predicted molar refractivity (Wildman–Crippen MR) is 81.1 cm³/mol. The maximum absolute atomic E-state index is 12.2. The minimum absolute atomic E-state index is 0.185. The van der Waals surface area contributed by atoms with Crippen molar-refractivity contribution >= 4 is 5.97 Å². The van der Waals surface area contributed by atoms with Crippen LogP contribution < -0.4 is 0 Å². The number of benzene rings is 1. The zero-order chi connectivity index (χ0) is 14.4. The van der Waals surface area contributed by atoms with Gasteiger partial charge in [0, 0.05) is 6.54 Å². The molecule has 0 unspecified atom stereocenters. The Balaban J connectivity index is 1.83. The van der Waals surface area contributed by atoms with Crippen LogP contribution in [0.2, 0.25) is 0 Å². The highest BCUT2D eigenvalue weighted by Gasteiger charge is 2.14. The summed E-state index contributed by atoms with van der Waals surface area (Å²) >= 11 is 0. The Morgan fingerprint density at radius 2 is 1.70 bits per heavy atom. The summed E-state index contributed by atoms with van der Waals surface area (Å²) < 4.78 is 5.45. The van der Waals surface area contributed by atoms with Gasteiger partial charge in [0.1, 0.15) is 6.61 Å². The summed E-state index contributed by atoms with van der Waals surface area (Å²) in [5.74, 6) is -0.185. The van der Waals surface area contributed by atoms with Crippen LogP contribution in [0.25, 0.3) is 0 Å². The van der Waals surface area contributed by atoms with Gasteiger partial charge in [0.2, 0.25) is 0 Å². The van der Waals surface area contributed by atoms with Crippen LogP contribution in [0.5, 0.6) is 0 Å². The van der Waals surface area contributed by atoms with Gasteiger partial charge < -0.3 is 4.74 Å². The van der Waals surface area contributed by atoms with Gasteiger partial charge in [-0.3, -0.25) is 4.90 Å². The van der Waals surface area contributed by atoms with Crippen molar-refractivity contribution in [2.45, 2.75) is 39.5 Å². The monoisotopic (exact) mass is 275 g/mol. The molecule has 0 saturated carbocycles. The van der Waals surface area contributed by atoms with Crippen molar-refractivity contribution in [3.8, 4) is 0 Å². The molecule has 0 aliphatic carbocycles. The molecule has 3 heteroatoms. The van der Waals surface area contributed by atoms with E-state index in [1.54, 1.807) is 0 Å². The van der Waals surface area contributed by atoms with E-state index in [0.717, 1.165) is 36.3 Å². The highest BCUT2D eigenvalue weighted by atomic mass is 16.5. The second kappa shape index (κ2) is 7.44. The van der Waals surface area contributed by atoms with Crippen molar-refractivity contribution in [3.05, 3.63) is 34.9 Å². The molecular weight excluding hydrogens is 250 g/mol. The van der Waals surface area contributed by atoms with E-state index in [1.165, 1.54) is 25.7 Å². The molecule has 1 aliphatic heterocycles. The lowest BCUT2D eigenvalue weighted by molar-refractivity contribution is 0.0462. The van der Waals surface area contributed by atoms with Crippen LogP contribution >= 0.6 is 0 Å². The van der Waals surface area contributed by atoms with E-state index >= 15 is 0 Å². The normalized spacial score (nSPS) is 16.7. The Kier molecular flexibility index (Phi) is 5.60. The third kappa shape index (κ3) is 4.07. The van der Waals surface area contributed by atoms with E-state index < -0.39 is 0 Å². The minimum Gasteiger partial charge on any atom is -0.461 e. The molecule has 2 rings (SSSR count). The van der Waals surface area contributed by atoms with Gasteiger partial charge in [-0.05, 0) is 50.9 Å². The van der Waals surface area contributed by atoms with Crippen LogP contribution in [0, 0.1) is 13.8 Å². The van der Waals surface area contributed by atoms with E-state index in [1.807, 2.05) is 32.0 Å². The summed E-state index contributed by atoms with van der Waals surface area (Å²) in [5.41, 5.74) is 2.71. The first-order valence-corrected chi connectivity index (χ1v) is 7.64. The third-order valence-corrected chi connectivity index (χ3v) is 4.02.